The van der Waals surface area contributed by atoms with Gasteiger partial charge in [0.1, 0.15) is 0 Å². The van der Waals surface area contributed by atoms with Gasteiger partial charge in [-0.3, -0.25) is 19.8 Å². The van der Waals surface area contributed by atoms with Gasteiger partial charge in [0.25, 0.3) is 0 Å². The standard InChI is InChI=1S/C10H15N3O2/c1-2-8-10(15)12-9(14)7-13(8)6-4-3-5-11/h8H,2-4,6-7H2,1H3,(H,12,14,15). The van der Waals surface area contributed by atoms with Crippen LogP contribution in [-0.4, -0.2) is 35.8 Å². The molecule has 0 bridgehead atoms. The lowest BCUT2D eigenvalue weighted by atomic mass is 10.1. The third-order valence-electron chi connectivity index (χ3n) is 2.47. The Balaban J connectivity index is 2.54. The van der Waals surface area contributed by atoms with E-state index >= 15 is 0 Å². The summed E-state index contributed by atoms with van der Waals surface area (Å²) in [5, 5.41) is 10.7. The smallest absolute Gasteiger partial charge is 0.243 e. The summed E-state index contributed by atoms with van der Waals surface area (Å²) in [6.45, 7) is 2.80. The van der Waals surface area contributed by atoms with Gasteiger partial charge in [-0.1, -0.05) is 6.92 Å². The molecule has 1 atom stereocenters. The highest BCUT2D eigenvalue weighted by Crippen LogP contribution is 2.09. The monoisotopic (exact) mass is 209 g/mol. The van der Waals surface area contributed by atoms with Gasteiger partial charge in [0.2, 0.25) is 11.8 Å². The SMILES string of the molecule is CCC1C(=O)NC(=O)CN1CCCC#N. The largest absolute Gasteiger partial charge is 0.294 e. The van der Waals surface area contributed by atoms with Crippen molar-refractivity contribution < 1.29 is 9.59 Å². The molecule has 5 heteroatoms. The van der Waals surface area contributed by atoms with Crippen LogP contribution in [0.15, 0.2) is 0 Å². The van der Waals surface area contributed by atoms with Crippen molar-refractivity contribution in [2.75, 3.05) is 13.1 Å². The number of nitriles is 1. The molecular weight excluding hydrogens is 194 g/mol. The van der Waals surface area contributed by atoms with E-state index in [-0.39, 0.29) is 24.4 Å². The fraction of sp³-hybridized carbons (Fsp3) is 0.700. The Morgan fingerprint density at radius 1 is 1.60 bits per heavy atom. The van der Waals surface area contributed by atoms with Crippen molar-refractivity contribution in [1.29, 1.82) is 5.26 Å². The second kappa shape index (κ2) is 5.47. The first kappa shape index (κ1) is 11.7. The lowest BCUT2D eigenvalue weighted by Crippen LogP contribution is -2.57. The molecule has 0 spiro atoms. The molecule has 0 radical (unpaired) electrons. The summed E-state index contributed by atoms with van der Waals surface area (Å²) in [4.78, 5) is 24.4. The van der Waals surface area contributed by atoms with E-state index in [1.54, 1.807) is 0 Å². The van der Waals surface area contributed by atoms with E-state index in [4.69, 9.17) is 5.26 Å². The molecule has 1 heterocycles. The Morgan fingerprint density at radius 3 is 2.93 bits per heavy atom. The van der Waals surface area contributed by atoms with Crippen LogP contribution >= 0.6 is 0 Å². The fourth-order valence-corrected chi connectivity index (χ4v) is 1.76. The van der Waals surface area contributed by atoms with Crippen molar-refractivity contribution in [2.45, 2.75) is 32.2 Å². The van der Waals surface area contributed by atoms with Crippen molar-refractivity contribution in [3.05, 3.63) is 0 Å². The number of rotatable bonds is 4. The molecule has 1 rings (SSSR count). The molecule has 0 aromatic heterocycles. The van der Waals surface area contributed by atoms with E-state index in [0.29, 0.717) is 25.8 Å². The number of hydrogen-bond donors (Lipinski definition) is 1. The maximum atomic E-state index is 11.4. The molecule has 1 aliphatic rings. The molecule has 1 saturated heterocycles. The number of amides is 2. The number of nitrogens with zero attached hydrogens (tertiary/aromatic N) is 2. The van der Waals surface area contributed by atoms with Crippen LogP contribution in [0.3, 0.4) is 0 Å². The van der Waals surface area contributed by atoms with E-state index in [9.17, 15) is 9.59 Å². The minimum absolute atomic E-state index is 0.217. The number of nitrogens with one attached hydrogen (secondary N) is 1. The van der Waals surface area contributed by atoms with Gasteiger partial charge in [-0.05, 0) is 12.8 Å². The summed E-state index contributed by atoms with van der Waals surface area (Å²) in [7, 11) is 0. The van der Waals surface area contributed by atoms with Crippen LogP contribution in [0.1, 0.15) is 26.2 Å². The molecule has 1 N–H and O–H groups in total. The second-order valence-electron chi connectivity index (χ2n) is 3.57. The summed E-state index contributed by atoms with van der Waals surface area (Å²) in [5.74, 6) is -0.465. The van der Waals surface area contributed by atoms with Crippen LogP contribution in [-0.2, 0) is 9.59 Å². The topological polar surface area (TPSA) is 73.2 Å². The predicted molar refractivity (Wildman–Crippen MR) is 53.6 cm³/mol. The third-order valence-corrected chi connectivity index (χ3v) is 2.47. The van der Waals surface area contributed by atoms with Crippen molar-refractivity contribution in [1.82, 2.24) is 10.2 Å². The van der Waals surface area contributed by atoms with E-state index in [1.165, 1.54) is 0 Å². The first-order valence-electron chi connectivity index (χ1n) is 5.13. The average Bonchev–Trinajstić information content (AvgIpc) is 2.17. The minimum Gasteiger partial charge on any atom is -0.294 e. The fourth-order valence-electron chi connectivity index (χ4n) is 1.76. The zero-order chi connectivity index (χ0) is 11.3. The molecule has 0 saturated carbocycles. The van der Waals surface area contributed by atoms with Gasteiger partial charge < -0.3 is 0 Å². The Hall–Kier alpha value is -1.41. The summed E-state index contributed by atoms with van der Waals surface area (Å²) >= 11 is 0. The Bertz CT molecular complexity index is 296. The van der Waals surface area contributed by atoms with Crippen LogP contribution in [0, 0.1) is 11.3 Å². The number of piperazine rings is 1. The number of unbranched alkanes of at least 4 members (excludes halogenated alkanes) is 1. The summed E-state index contributed by atoms with van der Waals surface area (Å²) in [6, 6.07) is 1.83. The number of imide groups is 1. The predicted octanol–water partition coefficient (Wildman–Crippen LogP) is 0.0272. The molecular formula is C10H15N3O2. The first-order chi connectivity index (χ1) is 7.19. The average molecular weight is 209 g/mol. The van der Waals surface area contributed by atoms with Crippen molar-refractivity contribution in [2.24, 2.45) is 0 Å². The molecule has 1 aliphatic heterocycles. The first-order valence-corrected chi connectivity index (χ1v) is 5.13. The molecule has 15 heavy (non-hydrogen) atoms. The third kappa shape index (κ3) is 3.03. The Morgan fingerprint density at radius 2 is 2.33 bits per heavy atom. The van der Waals surface area contributed by atoms with Crippen molar-refractivity contribution in [3.8, 4) is 6.07 Å². The van der Waals surface area contributed by atoms with E-state index in [1.807, 2.05) is 11.8 Å². The van der Waals surface area contributed by atoms with Crippen LogP contribution in [0.2, 0.25) is 0 Å². The summed E-state index contributed by atoms with van der Waals surface area (Å²) in [6.07, 6.45) is 1.85. The zero-order valence-electron chi connectivity index (χ0n) is 8.82. The van der Waals surface area contributed by atoms with Gasteiger partial charge >= 0.3 is 0 Å². The molecule has 2 amide bonds. The Labute approximate surface area is 89.0 Å². The molecule has 0 aliphatic carbocycles. The second-order valence-corrected chi connectivity index (χ2v) is 3.57. The molecule has 1 unspecified atom stereocenters. The van der Waals surface area contributed by atoms with Gasteiger partial charge in [-0.2, -0.15) is 5.26 Å². The molecule has 0 aromatic rings. The van der Waals surface area contributed by atoms with Crippen LogP contribution in [0.25, 0.3) is 0 Å². The van der Waals surface area contributed by atoms with E-state index in [0.717, 1.165) is 0 Å². The minimum atomic E-state index is -0.248. The number of carbonyl (C=O) groups is 2. The normalized spacial score (nSPS) is 22.3. The van der Waals surface area contributed by atoms with Crippen LogP contribution < -0.4 is 5.32 Å². The van der Waals surface area contributed by atoms with Gasteiger partial charge in [0, 0.05) is 13.0 Å². The van der Waals surface area contributed by atoms with Gasteiger partial charge in [0.15, 0.2) is 0 Å². The molecule has 1 fully saturated rings. The number of hydrogen-bond acceptors (Lipinski definition) is 4. The lowest BCUT2D eigenvalue weighted by Gasteiger charge is -2.33. The van der Waals surface area contributed by atoms with Gasteiger partial charge in [0.05, 0.1) is 18.7 Å². The highest BCUT2D eigenvalue weighted by Gasteiger charge is 2.31. The number of carbonyl (C=O) groups excluding carboxylic acids is 2. The summed E-state index contributed by atoms with van der Waals surface area (Å²) < 4.78 is 0. The molecule has 82 valence electrons. The quantitative estimate of drug-likeness (QED) is 0.523. The highest BCUT2D eigenvalue weighted by molar-refractivity contribution is 6.01. The highest BCUT2D eigenvalue weighted by atomic mass is 16.2. The lowest BCUT2D eigenvalue weighted by molar-refractivity contribution is -0.140. The maximum absolute atomic E-state index is 11.4. The van der Waals surface area contributed by atoms with Gasteiger partial charge in [-0.25, -0.2) is 0 Å². The van der Waals surface area contributed by atoms with E-state index in [2.05, 4.69) is 11.4 Å². The van der Waals surface area contributed by atoms with Crippen molar-refractivity contribution in [3.63, 3.8) is 0 Å². The maximum Gasteiger partial charge on any atom is 0.243 e. The van der Waals surface area contributed by atoms with Crippen molar-refractivity contribution >= 4 is 11.8 Å². The van der Waals surface area contributed by atoms with Crippen LogP contribution in [0.4, 0.5) is 0 Å². The molecule has 0 aromatic carbocycles. The summed E-state index contributed by atoms with van der Waals surface area (Å²) in [5.41, 5.74) is 0. The van der Waals surface area contributed by atoms with E-state index < -0.39 is 0 Å². The Kier molecular flexibility index (Phi) is 4.25. The van der Waals surface area contributed by atoms with Crippen LogP contribution in [0.5, 0.6) is 0 Å². The van der Waals surface area contributed by atoms with Gasteiger partial charge in [-0.15, -0.1) is 0 Å². The zero-order valence-corrected chi connectivity index (χ0v) is 8.82. The molecule has 5 nitrogen and oxygen atoms in total.